The molecule has 0 spiro atoms. The van der Waals surface area contributed by atoms with Gasteiger partial charge in [-0.05, 0) is 48.2 Å². The summed E-state index contributed by atoms with van der Waals surface area (Å²) in [6.45, 7) is 22.3. The smallest absolute Gasteiger partial charge is 0.665 e. The van der Waals surface area contributed by atoms with Crippen LogP contribution in [0.1, 0.15) is 52.5 Å². The number of benzene rings is 1. The van der Waals surface area contributed by atoms with Crippen LogP contribution in [-0.4, -0.2) is 67.9 Å². The van der Waals surface area contributed by atoms with Crippen LogP contribution in [0.25, 0.3) is 5.70 Å². The van der Waals surface area contributed by atoms with Gasteiger partial charge in [-0.25, -0.2) is 0 Å². The number of likely N-dealkylation sites (N-methyl/N-ethyl adjacent to an activating group) is 1. The molecule has 1 aromatic carbocycles. The molecule has 2 heterocycles. The molecule has 2 aromatic rings. The van der Waals surface area contributed by atoms with E-state index in [0.29, 0.717) is 27.6 Å². The summed E-state index contributed by atoms with van der Waals surface area (Å²) in [5.74, 6) is 1.90. The van der Waals surface area contributed by atoms with E-state index >= 15 is 0 Å². The number of anilines is 1. The van der Waals surface area contributed by atoms with Crippen LogP contribution in [0.15, 0.2) is 60.6 Å². The van der Waals surface area contributed by atoms with Crippen LogP contribution in [0.3, 0.4) is 0 Å². The average Bonchev–Trinajstić information content (AvgIpc) is 3.04. The van der Waals surface area contributed by atoms with Gasteiger partial charge in [-0.15, -0.1) is 6.58 Å². The standard InChI is InChI=1S/C23H29N5O3P.C8H16.C2H6.K/c1-18(19-5-7-20(30-3)8-6-19)26-13-15-27(16-14-26)21-9-10-28(12-11-25(2)17-24)23(29)22(21)31-32-4;1-4-6-7-8(3)5-2;1-2;/h5-10H,1,11-16H2,2-4H3;5,8H,2,4,6-7H2,1,3H3;1-2H3;/q-1;;;+1. The van der Waals surface area contributed by atoms with Crippen LogP contribution >= 0.6 is 8.81 Å². The van der Waals surface area contributed by atoms with Crippen LogP contribution in [0.2, 0.25) is 0 Å². The van der Waals surface area contributed by atoms with E-state index in [1.165, 1.54) is 24.2 Å². The van der Waals surface area contributed by atoms with E-state index in [1.54, 1.807) is 24.9 Å². The van der Waals surface area contributed by atoms with Gasteiger partial charge in [0.25, 0.3) is 5.56 Å². The van der Waals surface area contributed by atoms with Crippen molar-refractivity contribution in [2.24, 2.45) is 5.92 Å². The van der Waals surface area contributed by atoms with Crippen LogP contribution in [0, 0.1) is 17.4 Å². The molecule has 1 aromatic heterocycles. The minimum atomic E-state index is -0.173. The fourth-order valence-electron chi connectivity index (χ4n) is 4.28. The Balaban J connectivity index is 0.00000139. The maximum absolute atomic E-state index is 13.0. The Labute approximate surface area is 305 Å². The summed E-state index contributed by atoms with van der Waals surface area (Å²) in [5, 5.41) is 8.93. The molecular formula is C33H51KN5O3P. The van der Waals surface area contributed by atoms with E-state index in [0.717, 1.165) is 54.8 Å². The summed E-state index contributed by atoms with van der Waals surface area (Å²) < 4.78 is 12.6. The first-order chi connectivity index (χ1) is 20.3. The average molecular weight is 636 g/mol. The summed E-state index contributed by atoms with van der Waals surface area (Å²) >= 11 is 0. The van der Waals surface area contributed by atoms with Gasteiger partial charge in [0.15, 0.2) is 11.9 Å². The molecular weight excluding hydrogens is 584 g/mol. The molecule has 0 aliphatic carbocycles. The van der Waals surface area contributed by atoms with Gasteiger partial charge >= 0.3 is 51.4 Å². The Hall–Kier alpha value is -1.79. The predicted molar refractivity (Wildman–Crippen MR) is 178 cm³/mol. The van der Waals surface area contributed by atoms with Gasteiger partial charge in [0.05, 0.1) is 12.8 Å². The second-order valence-electron chi connectivity index (χ2n) is 9.83. The van der Waals surface area contributed by atoms with Gasteiger partial charge in [-0.1, -0.05) is 53.2 Å². The molecule has 0 bridgehead atoms. The third kappa shape index (κ3) is 13.8. The number of nitriles is 1. The van der Waals surface area contributed by atoms with Crippen molar-refractivity contribution in [3.05, 3.63) is 71.7 Å². The summed E-state index contributed by atoms with van der Waals surface area (Å²) in [5.41, 5.74) is 2.68. The number of aromatic nitrogens is 1. The Morgan fingerprint density at radius 3 is 2.33 bits per heavy atom. The fourth-order valence-corrected chi connectivity index (χ4v) is 4.64. The zero-order chi connectivity index (χ0) is 31.5. The van der Waals surface area contributed by atoms with Crippen LogP contribution in [0.5, 0.6) is 11.5 Å². The minimum absolute atomic E-state index is 0. The molecule has 10 heteroatoms. The maximum Gasteiger partial charge on any atom is 1.00 e. The predicted octanol–water partition coefficient (Wildman–Crippen LogP) is 3.96. The number of pyridine rings is 1. The first-order valence-electron chi connectivity index (χ1n) is 14.9. The third-order valence-corrected chi connectivity index (χ3v) is 7.34. The molecule has 0 amide bonds. The SMILES string of the molecule is C=C(c1ccc(OC)cc1)N1CCN(c2ccn(CCN(C)C#N)c(=O)c2O[P-]C)CC1.C=CC(C)CCCC.CC.[K+]. The molecule has 43 heavy (non-hydrogen) atoms. The number of hydrogen-bond donors (Lipinski definition) is 0. The first kappa shape index (κ1) is 41.2. The van der Waals surface area contributed by atoms with Gasteiger partial charge < -0.3 is 37.3 Å². The van der Waals surface area contributed by atoms with Crippen molar-refractivity contribution in [1.29, 1.82) is 5.26 Å². The Bertz CT molecular complexity index is 1170. The van der Waals surface area contributed by atoms with Crippen LogP contribution < -0.4 is 71.1 Å². The Kier molecular flexibility index (Phi) is 22.6. The monoisotopic (exact) mass is 635 g/mol. The van der Waals surface area contributed by atoms with Gasteiger partial charge in [-0.3, -0.25) is 4.79 Å². The minimum Gasteiger partial charge on any atom is -0.665 e. The van der Waals surface area contributed by atoms with Crippen molar-refractivity contribution in [2.45, 2.75) is 53.5 Å². The first-order valence-corrected chi connectivity index (χ1v) is 16.1. The van der Waals surface area contributed by atoms with Crippen LogP contribution in [-0.2, 0) is 6.54 Å². The number of nitrogens with zero attached hydrogens (tertiary/aromatic N) is 5. The largest absolute Gasteiger partial charge is 1.00 e. The maximum atomic E-state index is 13.0. The van der Waals surface area contributed by atoms with E-state index in [-0.39, 0.29) is 56.9 Å². The molecule has 1 unspecified atom stereocenters. The molecule has 1 aliphatic heterocycles. The topological polar surface area (TPSA) is 74.0 Å². The van der Waals surface area contributed by atoms with E-state index in [1.807, 2.05) is 63.1 Å². The zero-order valence-corrected chi connectivity index (χ0v) is 31.8. The van der Waals surface area contributed by atoms with E-state index in [9.17, 15) is 4.79 Å². The second-order valence-corrected chi connectivity index (χ2v) is 10.4. The molecule has 0 N–H and O–H groups in total. The van der Waals surface area contributed by atoms with E-state index < -0.39 is 0 Å². The molecule has 1 aliphatic rings. The molecule has 3 rings (SSSR count). The van der Waals surface area contributed by atoms with Gasteiger partial charge in [0.1, 0.15) is 5.75 Å². The quantitative estimate of drug-likeness (QED) is 0.109. The summed E-state index contributed by atoms with van der Waals surface area (Å²) in [6.07, 6.45) is 9.80. The Morgan fingerprint density at radius 2 is 1.81 bits per heavy atom. The summed E-state index contributed by atoms with van der Waals surface area (Å²) in [7, 11) is 4.01. The van der Waals surface area contributed by atoms with Gasteiger partial charge in [0.2, 0.25) is 0 Å². The number of unbranched alkanes of at least 4 members (excludes halogenated alkanes) is 1. The van der Waals surface area contributed by atoms with Crippen LogP contribution in [0.4, 0.5) is 5.69 Å². The summed E-state index contributed by atoms with van der Waals surface area (Å²) in [4.78, 5) is 18.9. The molecule has 1 saturated heterocycles. The summed E-state index contributed by atoms with van der Waals surface area (Å²) in [6, 6.07) is 9.84. The third-order valence-electron chi connectivity index (χ3n) is 6.97. The number of allylic oxidation sites excluding steroid dienone is 1. The number of ether oxygens (including phenoxy) is 1. The molecule has 1 atom stereocenters. The van der Waals surface area contributed by atoms with Crippen molar-refractivity contribution >= 4 is 20.2 Å². The number of piperazine rings is 1. The Morgan fingerprint density at radius 1 is 1.19 bits per heavy atom. The molecule has 1 fully saturated rings. The van der Waals surface area contributed by atoms with Gasteiger partial charge in [-0.2, -0.15) is 11.9 Å². The molecule has 0 saturated carbocycles. The van der Waals surface area contributed by atoms with Crippen molar-refractivity contribution in [3.63, 3.8) is 0 Å². The fraction of sp³-hybridized carbons (Fsp3) is 0.515. The zero-order valence-electron chi connectivity index (χ0n) is 27.8. The number of methoxy groups -OCH3 is 1. The molecule has 8 nitrogen and oxygen atoms in total. The van der Waals surface area contributed by atoms with Gasteiger partial charge in [0, 0.05) is 58.2 Å². The molecule has 0 radical (unpaired) electrons. The van der Waals surface area contributed by atoms with E-state index in [2.05, 4.69) is 36.8 Å². The number of rotatable bonds is 13. The number of hydrogen-bond acceptors (Lipinski definition) is 7. The van der Waals surface area contributed by atoms with Crippen molar-refractivity contribution in [1.82, 2.24) is 14.4 Å². The van der Waals surface area contributed by atoms with Crippen molar-refractivity contribution < 1.29 is 60.6 Å². The normalized spacial score (nSPS) is 12.9. The molecule has 232 valence electrons. The van der Waals surface area contributed by atoms with Crippen molar-refractivity contribution in [2.75, 3.05) is 58.4 Å². The van der Waals surface area contributed by atoms with Crippen molar-refractivity contribution in [3.8, 4) is 17.7 Å². The van der Waals surface area contributed by atoms with E-state index in [4.69, 9.17) is 14.5 Å². The second kappa shape index (κ2) is 23.6.